The van der Waals surface area contributed by atoms with Crippen molar-refractivity contribution in [1.29, 1.82) is 0 Å². The van der Waals surface area contributed by atoms with Crippen LogP contribution in [0.4, 0.5) is 0 Å². The van der Waals surface area contributed by atoms with Gasteiger partial charge in [-0.25, -0.2) is 0 Å². The van der Waals surface area contributed by atoms with Gasteiger partial charge in [0.05, 0.1) is 6.61 Å². The minimum Gasteiger partial charge on any atom is -0.490 e. The van der Waals surface area contributed by atoms with Gasteiger partial charge in [-0.15, -0.1) is 10.2 Å². The number of aryl methyl sites for hydroxylation is 1. The standard InChI is InChI=1S/C19H18N4O2S/c1-3-24-15-9-4-5-10-16(15)25-12-17-22-23-18(20-21-19(23)26-17)14-8-6-7-13(2)11-14/h4-11H,3,12H2,1-2H3. The molecule has 0 atom stereocenters. The van der Waals surface area contributed by atoms with E-state index in [1.165, 1.54) is 16.9 Å². The lowest BCUT2D eigenvalue weighted by Crippen LogP contribution is -2.00. The van der Waals surface area contributed by atoms with E-state index in [2.05, 4.69) is 34.4 Å². The molecule has 7 heteroatoms. The van der Waals surface area contributed by atoms with Gasteiger partial charge in [0.25, 0.3) is 0 Å². The van der Waals surface area contributed by atoms with Crippen LogP contribution in [0, 0.1) is 6.92 Å². The van der Waals surface area contributed by atoms with Crippen molar-refractivity contribution in [3.63, 3.8) is 0 Å². The highest BCUT2D eigenvalue weighted by atomic mass is 32.1. The third kappa shape index (κ3) is 3.25. The van der Waals surface area contributed by atoms with Crippen molar-refractivity contribution in [2.45, 2.75) is 20.5 Å². The SMILES string of the molecule is CCOc1ccccc1OCc1nn2c(-c3cccc(C)c3)nnc2s1. The molecule has 0 aliphatic carbocycles. The maximum Gasteiger partial charge on any atom is 0.235 e. The number of para-hydroxylation sites is 2. The van der Waals surface area contributed by atoms with Crippen LogP contribution in [0.3, 0.4) is 0 Å². The van der Waals surface area contributed by atoms with Gasteiger partial charge in [-0.1, -0.05) is 47.2 Å². The molecule has 0 aliphatic heterocycles. The van der Waals surface area contributed by atoms with E-state index in [0.29, 0.717) is 19.0 Å². The Labute approximate surface area is 155 Å². The fourth-order valence-electron chi connectivity index (χ4n) is 2.66. The predicted octanol–water partition coefficient (Wildman–Crippen LogP) is 4.14. The molecular weight excluding hydrogens is 348 g/mol. The highest BCUT2D eigenvalue weighted by molar-refractivity contribution is 7.16. The van der Waals surface area contributed by atoms with Gasteiger partial charge < -0.3 is 9.47 Å². The molecule has 0 amide bonds. The van der Waals surface area contributed by atoms with E-state index in [1.54, 1.807) is 4.52 Å². The lowest BCUT2D eigenvalue weighted by Gasteiger charge is -2.10. The zero-order chi connectivity index (χ0) is 17.9. The summed E-state index contributed by atoms with van der Waals surface area (Å²) in [5, 5.41) is 13.9. The Kier molecular flexibility index (Phi) is 4.53. The lowest BCUT2D eigenvalue weighted by atomic mass is 10.1. The van der Waals surface area contributed by atoms with Gasteiger partial charge in [0, 0.05) is 5.56 Å². The van der Waals surface area contributed by atoms with Crippen LogP contribution in [0.5, 0.6) is 11.5 Å². The Morgan fingerprint density at radius 3 is 2.58 bits per heavy atom. The molecule has 6 nitrogen and oxygen atoms in total. The largest absolute Gasteiger partial charge is 0.490 e. The van der Waals surface area contributed by atoms with Crippen molar-refractivity contribution in [2.24, 2.45) is 0 Å². The first-order valence-corrected chi connectivity index (χ1v) is 9.19. The molecule has 0 aliphatic rings. The minimum absolute atomic E-state index is 0.353. The molecule has 0 saturated heterocycles. The van der Waals surface area contributed by atoms with Crippen LogP contribution >= 0.6 is 11.3 Å². The van der Waals surface area contributed by atoms with Crippen molar-refractivity contribution < 1.29 is 9.47 Å². The highest BCUT2D eigenvalue weighted by Crippen LogP contribution is 2.28. The Bertz CT molecular complexity index is 1040. The van der Waals surface area contributed by atoms with Crippen molar-refractivity contribution in [3.8, 4) is 22.9 Å². The molecule has 4 rings (SSSR count). The van der Waals surface area contributed by atoms with Crippen LogP contribution in [-0.2, 0) is 6.61 Å². The molecule has 0 unspecified atom stereocenters. The first-order valence-electron chi connectivity index (χ1n) is 8.37. The molecule has 0 radical (unpaired) electrons. The number of hydrogen-bond acceptors (Lipinski definition) is 6. The summed E-state index contributed by atoms with van der Waals surface area (Å²) in [6.45, 7) is 4.95. The molecule has 26 heavy (non-hydrogen) atoms. The monoisotopic (exact) mass is 366 g/mol. The maximum absolute atomic E-state index is 5.90. The highest BCUT2D eigenvalue weighted by Gasteiger charge is 2.14. The normalized spacial score (nSPS) is 11.0. The van der Waals surface area contributed by atoms with Crippen molar-refractivity contribution in [1.82, 2.24) is 19.8 Å². The maximum atomic E-state index is 5.90. The zero-order valence-electron chi connectivity index (χ0n) is 14.5. The molecular formula is C19H18N4O2S. The average molecular weight is 366 g/mol. The Morgan fingerprint density at radius 1 is 1.00 bits per heavy atom. The van der Waals surface area contributed by atoms with Crippen molar-refractivity contribution in [2.75, 3.05) is 6.61 Å². The molecule has 0 spiro atoms. The smallest absolute Gasteiger partial charge is 0.235 e. The van der Waals surface area contributed by atoms with Crippen LogP contribution in [0.2, 0.25) is 0 Å². The molecule has 0 N–H and O–H groups in total. The van der Waals surface area contributed by atoms with E-state index >= 15 is 0 Å². The van der Waals surface area contributed by atoms with E-state index in [-0.39, 0.29) is 0 Å². The van der Waals surface area contributed by atoms with Crippen molar-refractivity contribution >= 4 is 16.3 Å². The first kappa shape index (κ1) is 16.5. The number of rotatable bonds is 6. The molecule has 0 bridgehead atoms. The van der Waals surface area contributed by atoms with Crippen LogP contribution in [0.1, 0.15) is 17.5 Å². The Morgan fingerprint density at radius 2 is 1.81 bits per heavy atom. The quantitative estimate of drug-likeness (QED) is 0.513. The summed E-state index contributed by atoms with van der Waals surface area (Å²) in [4.78, 5) is 0.748. The number of benzene rings is 2. The second-order valence-electron chi connectivity index (χ2n) is 5.75. The van der Waals surface area contributed by atoms with E-state index in [1.807, 2.05) is 43.3 Å². The van der Waals surface area contributed by atoms with E-state index < -0.39 is 0 Å². The summed E-state index contributed by atoms with van der Waals surface area (Å²) in [5.74, 6) is 2.18. The van der Waals surface area contributed by atoms with Gasteiger partial charge in [-0.3, -0.25) is 0 Å². The van der Waals surface area contributed by atoms with Gasteiger partial charge in [0.15, 0.2) is 22.3 Å². The van der Waals surface area contributed by atoms with Crippen LogP contribution in [0.15, 0.2) is 48.5 Å². The lowest BCUT2D eigenvalue weighted by molar-refractivity contribution is 0.268. The Hall–Kier alpha value is -2.93. The number of fused-ring (bicyclic) bond motifs is 1. The van der Waals surface area contributed by atoms with Crippen LogP contribution in [0.25, 0.3) is 16.3 Å². The van der Waals surface area contributed by atoms with Gasteiger partial charge in [-0.05, 0) is 32.0 Å². The third-order valence-corrected chi connectivity index (χ3v) is 4.68. The van der Waals surface area contributed by atoms with E-state index in [4.69, 9.17) is 9.47 Å². The van der Waals surface area contributed by atoms with Crippen LogP contribution in [-0.4, -0.2) is 26.4 Å². The van der Waals surface area contributed by atoms with Gasteiger partial charge in [0.2, 0.25) is 4.96 Å². The summed E-state index contributed by atoms with van der Waals surface area (Å²) in [5.41, 5.74) is 2.17. The number of hydrogen-bond donors (Lipinski definition) is 0. The second kappa shape index (κ2) is 7.13. The summed E-state index contributed by atoms with van der Waals surface area (Å²) in [7, 11) is 0. The average Bonchev–Trinajstić information content (AvgIpc) is 3.21. The fourth-order valence-corrected chi connectivity index (χ4v) is 3.41. The Balaban J connectivity index is 1.57. The number of aromatic nitrogens is 4. The van der Waals surface area contributed by atoms with Gasteiger partial charge >= 0.3 is 0 Å². The fraction of sp³-hybridized carbons (Fsp3) is 0.211. The topological polar surface area (TPSA) is 61.5 Å². The summed E-state index contributed by atoms with van der Waals surface area (Å²) in [6, 6.07) is 15.8. The predicted molar refractivity (Wildman–Crippen MR) is 101 cm³/mol. The number of nitrogens with zero attached hydrogens (tertiary/aromatic N) is 4. The molecule has 132 valence electrons. The van der Waals surface area contributed by atoms with E-state index in [0.717, 1.165) is 27.1 Å². The summed E-state index contributed by atoms with van der Waals surface area (Å²) in [6.07, 6.45) is 0. The molecule has 4 aromatic rings. The summed E-state index contributed by atoms with van der Waals surface area (Å²) < 4.78 is 13.3. The molecule has 2 aromatic carbocycles. The first-order chi connectivity index (χ1) is 12.7. The van der Waals surface area contributed by atoms with Crippen LogP contribution < -0.4 is 9.47 Å². The van der Waals surface area contributed by atoms with Crippen molar-refractivity contribution in [3.05, 3.63) is 59.1 Å². The van der Waals surface area contributed by atoms with Gasteiger partial charge in [0.1, 0.15) is 6.61 Å². The second-order valence-corrected chi connectivity index (χ2v) is 6.79. The minimum atomic E-state index is 0.353. The number of ether oxygens (including phenoxy) is 2. The van der Waals surface area contributed by atoms with E-state index in [9.17, 15) is 0 Å². The third-order valence-electron chi connectivity index (χ3n) is 3.81. The summed E-state index contributed by atoms with van der Waals surface area (Å²) >= 11 is 1.47. The zero-order valence-corrected chi connectivity index (χ0v) is 15.4. The molecule has 0 fully saturated rings. The molecule has 2 aromatic heterocycles. The molecule has 2 heterocycles. The van der Waals surface area contributed by atoms with Gasteiger partial charge in [-0.2, -0.15) is 9.61 Å². The molecule has 0 saturated carbocycles.